The summed E-state index contributed by atoms with van der Waals surface area (Å²) in [6, 6.07) is 1.56. The van der Waals surface area contributed by atoms with Crippen molar-refractivity contribution in [3.63, 3.8) is 0 Å². The van der Waals surface area contributed by atoms with Crippen molar-refractivity contribution >= 4 is 17.0 Å². The minimum atomic E-state index is -0.0396. The van der Waals surface area contributed by atoms with Crippen molar-refractivity contribution in [1.29, 1.82) is 0 Å². The molecule has 2 aromatic rings. The summed E-state index contributed by atoms with van der Waals surface area (Å²) in [5.41, 5.74) is 8.24. The van der Waals surface area contributed by atoms with E-state index in [2.05, 4.69) is 4.98 Å². The highest BCUT2D eigenvalue weighted by Gasteiger charge is 2.06. The lowest BCUT2D eigenvalue weighted by Gasteiger charge is -2.06. The second-order valence-corrected chi connectivity index (χ2v) is 5.41. The van der Waals surface area contributed by atoms with E-state index >= 15 is 0 Å². The summed E-state index contributed by atoms with van der Waals surface area (Å²) in [5.74, 6) is 0. The number of thiazole rings is 1. The SMILES string of the molecule is Cc1cc(=O)n(Cc2nc(C)c(C)s2)cc1N. The zero-order chi connectivity index (χ0) is 12.6. The van der Waals surface area contributed by atoms with Gasteiger partial charge in [0, 0.05) is 17.1 Å². The first kappa shape index (κ1) is 11.9. The van der Waals surface area contributed by atoms with Crippen LogP contribution in [-0.4, -0.2) is 9.55 Å². The Balaban J connectivity index is 2.36. The highest BCUT2D eigenvalue weighted by molar-refractivity contribution is 7.11. The number of nitrogen functional groups attached to an aromatic ring is 1. The van der Waals surface area contributed by atoms with Gasteiger partial charge in [-0.15, -0.1) is 11.3 Å². The molecule has 2 N–H and O–H groups in total. The molecule has 17 heavy (non-hydrogen) atoms. The minimum Gasteiger partial charge on any atom is -0.397 e. The number of aromatic nitrogens is 2. The fraction of sp³-hybridized carbons (Fsp3) is 0.333. The van der Waals surface area contributed by atoms with E-state index in [0.717, 1.165) is 16.3 Å². The Labute approximate surface area is 104 Å². The third-order valence-corrected chi connectivity index (χ3v) is 3.81. The zero-order valence-corrected chi connectivity index (χ0v) is 11.0. The Kier molecular flexibility index (Phi) is 3.02. The van der Waals surface area contributed by atoms with Crippen molar-refractivity contribution in [2.45, 2.75) is 27.3 Å². The molecule has 0 saturated carbocycles. The second kappa shape index (κ2) is 4.33. The minimum absolute atomic E-state index is 0.0396. The van der Waals surface area contributed by atoms with Gasteiger partial charge in [0.1, 0.15) is 5.01 Å². The number of hydrogen-bond acceptors (Lipinski definition) is 4. The van der Waals surface area contributed by atoms with Crippen molar-refractivity contribution in [2.75, 3.05) is 5.73 Å². The first-order valence-corrected chi connectivity index (χ1v) is 6.18. The molecule has 0 bridgehead atoms. The summed E-state index contributed by atoms with van der Waals surface area (Å²) in [6.07, 6.45) is 1.68. The number of anilines is 1. The number of nitrogens with two attached hydrogens (primary N) is 1. The standard InChI is InChI=1S/C12H15N3OS/c1-7-4-12(16)15(5-10(7)13)6-11-14-8(2)9(3)17-11/h4-5H,6,13H2,1-3H3. The average Bonchev–Trinajstić information content (AvgIpc) is 2.55. The maximum absolute atomic E-state index is 11.8. The largest absolute Gasteiger partial charge is 0.397 e. The molecule has 0 fully saturated rings. The molecule has 0 aromatic carbocycles. The van der Waals surface area contributed by atoms with Gasteiger partial charge in [-0.05, 0) is 26.3 Å². The maximum Gasteiger partial charge on any atom is 0.251 e. The van der Waals surface area contributed by atoms with Gasteiger partial charge in [-0.3, -0.25) is 4.79 Å². The number of pyridine rings is 1. The summed E-state index contributed by atoms with van der Waals surface area (Å²) >= 11 is 1.62. The van der Waals surface area contributed by atoms with Crippen molar-refractivity contribution in [3.8, 4) is 0 Å². The molecular weight excluding hydrogens is 234 g/mol. The molecule has 5 heteroatoms. The lowest BCUT2D eigenvalue weighted by molar-refractivity contribution is 0.752. The van der Waals surface area contributed by atoms with Crippen molar-refractivity contribution in [3.05, 3.63) is 43.8 Å². The number of aryl methyl sites for hydroxylation is 3. The van der Waals surface area contributed by atoms with Crippen LogP contribution >= 0.6 is 11.3 Å². The molecule has 0 aliphatic carbocycles. The average molecular weight is 249 g/mol. The van der Waals surface area contributed by atoms with Crippen molar-refractivity contribution in [1.82, 2.24) is 9.55 Å². The second-order valence-electron chi connectivity index (χ2n) is 4.13. The first-order chi connectivity index (χ1) is 7.97. The summed E-state index contributed by atoms with van der Waals surface area (Å²) in [7, 11) is 0. The van der Waals surface area contributed by atoms with Crippen LogP contribution in [0.15, 0.2) is 17.1 Å². The van der Waals surface area contributed by atoms with E-state index < -0.39 is 0 Å². The van der Waals surface area contributed by atoms with Crippen LogP contribution < -0.4 is 11.3 Å². The van der Waals surface area contributed by atoms with E-state index in [9.17, 15) is 4.79 Å². The molecule has 2 rings (SSSR count). The highest BCUT2D eigenvalue weighted by Crippen LogP contribution is 2.17. The third-order valence-electron chi connectivity index (χ3n) is 2.75. The molecule has 0 aliphatic heterocycles. The van der Waals surface area contributed by atoms with Gasteiger partial charge in [0.2, 0.25) is 0 Å². The van der Waals surface area contributed by atoms with Gasteiger partial charge in [-0.1, -0.05) is 0 Å². The first-order valence-electron chi connectivity index (χ1n) is 5.37. The van der Waals surface area contributed by atoms with Gasteiger partial charge in [-0.2, -0.15) is 0 Å². The van der Waals surface area contributed by atoms with Crippen LogP contribution in [-0.2, 0) is 6.54 Å². The maximum atomic E-state index is 11.8. The summed E-state index contributed by atoms with van der Waals surface area (Å²) in [5, 5.41) is 0.936. The van der Waals surface area contributed by atoms with Gasteiger partial charge in [0.05, 0.1) is 17.9 Å². The van der Waals surface area contributed by atoms with Crippen LogP contribution in [0.5, 0.6) is 0 Å². The quantitative estimate of drug-likeness (QED) is 0.883. The monoisotopic (exact) mass is 249 g/mol. The third kappa shape index (κ3) is 2.39. The molecule has 0 unspecified atom stereocenters. The van der Waals surface area contributed by atoms with E-state index in [1.54, 1.807) is 28.2 Å². The molecule has 0 aliphatic rings. The van der Waals surface area contributed by atoms with Gasteiger partial charge in [-0.25, -0.2) is 4.98 Å². The number of rotatable bonds is 2. The molecule has 0 saturated heterocycles. The molecular formula is C12H15N3OS. The Bertz CT molecular complexity index is 593. The molecule has 0 radical (unpaired) electrons. The van der Waals surface area contributed by atoms with E-state index in [4.69, 9.17) is 5.73 Å². The van der Waals surface area contributed by atoms with E-state index in [-0.39, 0.29) is 5.56 Å². The lowest BCUT2D eigenvalue weighted by atomic mass is 10.2. The molecule has 0 spiro atoms. The predicted octanol–water partition coefficient (Wildman–Crippen LogP) is 1.86. The van der Waals surface area contributed by atoms with Gasteiger partial charge in [0.15, 0.2) is 0 Å². The fourth-order valence-corrected chi connectivity index (χ4v) is 2.49. The summed E-state index contributed by atoms with van der Waals surface area (Å²) < 4.78 is 1.60. The van der Waals surface area contributed by atoms with Crippen LogP contribution in [0, 0.1) is 20.8 Å². The van der Waals surface area contributed by atoms with Crippen LogP contribution in [0.25, 0.3) is 0 Å². The smallest absolute Gasteiger partial charge is 0.251 e. The number of nitrogens with zero attached hydrogens (tertiary/aromatic N) is 2. The Hall–Kier alpha value is -1.62. The molecule has 2 aromatic heterocycles. The Morgan fingerprint density at radius 2 is 2.12 bits per heavy atom. The zero-order valence-electron chi connectivity index (χ0n) is 10.2. The van der Waals surface area contributed by atoms with Gasteiger partial charge in [0.25, 0.3) is 5.56 Å². The molecule has 4 nitrogen and oxygen atoms in total. The van der Waals surface area contributed by atoms with Crippen molar-refractivity contribution < 1.29 is 0 Å². The van der Waals surface area contributed by atoms with E-state index in [0.29, 0.717) is 12.2 Å². The Morgan fingerprint density at radius 3 is 2.71 bits per heavy atom. The molecule has 0 atom stereocenters. The van der Waals surface area contributed by atoms with E-state index in [1.165, 1.54) is 4.88 Å². The number of hydrogen-bond donors (Lipinski definition) is 1. The van der Waals surface area contributed by atoms with Crippen LogP contribution in [0.3, 0.4) is 0 Å². The molecule has 2 heterocycles. The fourth-order valence-electron chi connectivity index (χ4n) is 1.56. The summed E-state index contributed by atoms with van der Waals surface area (Å²) in [4.78, 5) is 17.4. The highest BCUT2D eigenvalue weighted by atomic mass is 32.1. The topological polar surface area (TPSA) is 60.9 Å². The van der Waals surface area contributed by atoms with Gasteiger partial charge < -0.3 is 10.3 Å². The van der Waals surface area contributed by atoms with Crippen LogP contribution in [0.2, 0.25) is 0 Å². The van der Waals surface area contributed by atoms with Gasteiger partial charge >= 0.3 is 0 Å². The van der Waals surface area contributed by atoms with Crippen molar-refractivity contribution in [2.24, 2.45) is 0 Å². The molecule has 0 amide bonds. The molecule has 90 valence electrons. The van der Waals surface area contributed by atoms with Crippen LogP contribution in [0.1, 0.15) is 21.1 Å². The Morgan fingerprint density at radius 1 is 1.41 bits per heavy atom. The predicted molar refractivity (Wildman–Crippen MR) is 70.5 cm³/mol. The van der Waals surface area contributed by atoms with E-state index in [1.807, 2.05) is 20.8 Å². The lowest BCUT2D eigenvalue weighted by Crippen LogP contribution is -2.20. The summed E-state index contributed by atoms with van der Waals surface area (Å²) in [6.45, 7) is 6.33. The van der Waals surface area contributed by atoms with Crippen LogP contribution in [0.4, 0.5) is 5.69 Å². The normalized spacial score (nSPS) is 10.8.